The van der Waals surface area contributed by atoms with Gasteiger partial charge in [0.25, 0.3) is 0 Å². The van der Waals surface area contributed by atoms with Crippen molar-refractivity contribution < 1.29 is 19.2 Å². The Balaban J connectivity index is 1.67. The fourth-order valence-electron chi connectivity index (χ4n) is 2.15. The first kappa shape index (κ1) is 13.3. The average molecular weight is 268 g/mol. The van der Waals surface area contributed by atoms with Gasteiger partial charge < -0.3 is 20.3 Å². The third-order valence-electron chi connectivity index (χ3n) is 3.23. The molecular weight excluding hydrogens is 252 g/mol. The molecule has 0 spiro atoms. The van der Waals surface area contributed by atoms with E-state index < -0.39 is 5.97 Å². The zero-order valence-electron chi connectivity index (χ0n) is 10.3. The first-order valence-corrected chi connectivity index (χ1v) is 6.17. The minimum atomic E-state index is -0.750. The molecule has 1 aromatic rings. The number of carbonyl (C=O) groups is 2. The van der Waals surface area contributed by atoms with Crippen LogP contribution in [0.5, 0.6) is 0 Å². The Morgan fingerprint density at radius 2 is 2.11 bits per heavy atom. The van der Waals surface area contributed by atoms with Gasteiger partial charge in [-0.15, -0.1) is 0 Å². The summed E-state index contributed by atoms with van der Waals surface area (Å²) in [4.78, 5) is 26.2. The fraction of sp³-hybridized carbons (Fsp3) is 0.636. The number of nitrogens with one attached hydrogen (secondary N) is 2. The standard InChI is InChI=1S/C11H16N4O4/c16-10(17)7-1-3-8(4-2-7)14-11(18)12-5-9-13-6-19-15-9/h6-8H,1-5H2,(H,16,17)(H2,12,14,18). The van der Waals surface area contributed by atoms with Crippen molar-refractivity contribution in [3.8, 4) is 0 Å². The third-order valence-corrected chi connectivity index (χ3v) is 3.23. The van der Waals surface area contributed by atoms with E-state index in [2.05, 4.69) is 25.3 Å². The summed E-state index contributed by atoms with van der Waals surface area (Å²) in [5.74, 6) is -0.620. The highest BCUT2D eigenvalue weighted by atomic mass is 16.5. The number of hydrogen-bond donors (Lipinski definition) is 3. The van der Waals surface area contributed by atoms with Crippen LogP contribution in [0, 0.1) is 5.92 Å². The molecule has 1 aliphatic rings. The molecule has 1 fully saturated rings. The Bertz CT molecular complexity index is 426. The molecule has 104 valence electrons. The van der Waals surface area contributed by atoms with Crippen LogP contribution in [-0.4, -0.2) is 33.3 Å². The van der Waals surface area contributed by atoms with Crippen LogP contribution in [0.1, 0.15) is 31.5 Å². The van der Waals surface area contributed by atoms with Crippen LogP contribution in [0.25, 0.3) is 0 Å². The van der Waals surface area contributed by atoms with Crippen molar-refractivity contribution in [3.63, 3.8) is 0 Å². The van der Waals surface area contributed by atoms with Gasteiger partial charge in [0.1, 0.15) is 0 Å². The Labute approximate surface area is 109 Å². The van der Waals surface area contributed by atoms with Gasteiger partial charge in [0.05, 0.1) is 12.5 Å². The van der Waals surface area contributed by atoms with Crippen molar-refractivity contribution in [1.82, 2.24) is 20.8 Å². The van der Waals surface area contributed by atoms with E-state index in [9.17, 15) is 9.59 Å². The summed E-state index contributed by atoms with van der Waals surface area (Å²) in [6.07, 6.45) is 3.78. The van der Waals surface area contributed by atoms with Gasteiger partial charge in [0.15, 0.2) is 5.82 Å². The van der Waals surface area contributed by atoms with E-state index >= 15 is 0 Å². The molecule has 0 radical (unpaired) electrons. The van der Waals surface area contributed by atoms with Crippen molar-refractivity contribution in [3.05, 3.63) is 12.2 Å². The van der Waals surface area contributed by atoms with Crippen LogP contribution in [0.2, 0.25) is 0 Å². The van der Waals surface area contributed by atoms with Gasteiger partial charge >= 0.3 is 12.0 Å². The number of rotatable bonds is 4. The number of hydrogen-bond acceptors (Lipinski definition) is 5. The second kappa shape index (κ2) is 6.17. The summed E-state index contributed by atoms with van der Waals surface area (Å²) in [6.45, 7) is 0.201. The smallest absolute Gasteiger partial charge is 0.315 e. The summed E-state index contributed by atoms with van der Waals surface area (Å²) in [5.41, 5.74) is 0. The maximum absolute atomic E-state index is 11.6. The van der Waals surface area contributed by atoms with Gasteiger partial charge in [-0.05, 0) is 25.7 Å². The number of urea groups is 1. The Morgan fingerprint density at radius 1 is 1.37 bits per heavy atom. The molecule has 19 heavy (non-hydrogen) atoms. The second-order valence-corrected chi connectivity index (χ2v) is 4.56. The predicted octanol–water partition coefficient (Wildman–Crippen LogP) is 0.512. The molecule has 1 heterocycles. The monoisotopic (exact) mass is 268 g/mol. The van der Waals surface area contributed by atoms with Crippen molar-refractivity contribution in [2.45, 2.75) is 38.3 Å². The van der Waals surface area contributed by atoms with Crippen LogP contribution in [0.15, 0.2) is 10.9 Å². The topological polar surface area (TPSA) is 117 Å². The van der Waals surface area contributed by atoms with Gasteiger partial charge in [0.2, 0.25) is 6.39 Å². The normalized spacial score (nSPS) is 22.7. The van der Waals surface area contributed by atoms with E-state index in [-0.39, 0.29) is 24.5 Å². The van der Waals surface area contributed by atoms with Crippen LogP contribution in [0.3, 0.4) is 0 Å². The van der Waals surface area contributed by atoms with Crippen molar-refractivity contribution in [1.29, 1.82) is 0 Å². The van der Waals surface area contributed by atoms with Crippen molar-refractivity contribution in [2.75, 3.05) is 0 Å². The highest BCUT2D eigenvalue weighted by Crippen LogP contribution is 2.24. The summed E-state index contributed by atoms with van der Waals surface area (Å²) < 4.78 is 4.54. The SMILES string of the molecule is O=C(NCc1ncon1)NC1CCC(C(=O)O)CC1. The quantitative estimate of drug-likeness (QED) is 0.732. The number of carboxylic acid groups (broad SMARTS) is 1. The van der Waals surface area contributed by atoms with Crippen molar-refractivity contribution in [2.24, 2.45) is 5.92 Å². The van der Waals surface area contributed by atoms with Crippen LogP contribution in [-0.2, 0) is 11.3 Å². The summed E-state index contributed by atoms with van der Waals surface area (Å²) in [6, 6.07) is -0.274. The van der Waals surface area contributed by atoms with E-state index in [4.69, 9.17) is 5.11 Å². The lowest BCUT2D eigenvalue weighted by Gasteiger charge is -2.26. The lowest BCUT2D eigenvalue weighted by molar-refractivity contribution is -0.142. The minimum absolute atomic E-state index is 0.0286. The van der Waals surface area contributed by atoms with Crippen LogP contribution >= 0.6 is 0 Å². The van der Waals surface area contributed by atoms with E-state index in [1.165, 1.54) is 6.39 Å². The molecule has 0 aromatic carbocycles. The highest BCUT2D eigenvalue weighted by Gasteiger charge is 2.26. The maximum atomic E-state index is 11.6. The van der Waals surface area contributed by atoms with Gasteiger partial charge in [-0.25, -0.2) is 4.79 Å². The van der Waals surface area contributed by atoms with Gasteiger partial charge in [-0.2, -0.15) is 4.98 Å². The molecule has 2 amide bonds. The van der Waals surface area contributed by atoms with E-state index in [1.807, 2.05) is 0 Å². The van der Waals surface area contributed by atoms with Crippen LogP contribution in [0.4, 0.5) is 4.79 Å². The summed E-state index contributed by atoms with van der Waals surface area (Å²) in [7, 11) is 0. The molecule has 0 saturated heterocycles. The van der Waals surface area contributed by atoms with Gasteiger partial charge in [0, 0.05) is 6.04 Å². The Kier molecular flexibility index (Phi) is 4.32. The largest absolute Gasteiger partial charge is 0.481 e. The number of aliphatic carboxylic acids is 1. The number of carbonyl (C=O) groups excluding carboxylic acids is 1. The third kappa shape index (κ3) is 3.94. The molecule has 2 rings (SSSR count). The summed E-state index contributed by atoms with van der Waals surface area (Å²) in [5, 5.41) is 17.9. The molecule has 1 aliphatic carbocycles. The fourth-order valence-corrected chi connectivity index (χ4v) is 2.15. The molecule has 0 unspecified atom stereocenters. The molecule has 8 heteroatoms. The summed E-state index contributed by atoms with van der Waals surface area (Å²) >= 11 is 0. The molecule has 0 aliphatic heterocycles. The van der Waals surface area contributed by atoms with E-state index in [1.54, 1.807) is 0 Å². The minimum Gasteiger partial charge on any atom is -0.481 e. The molecule has 0 atom stereocenters. The molecule has 8 nitrogen and oxygen atoms in total. The van der Waals surface area contributed by atoms with Crippen LogP contribution < -0.4 is 10.6 Å². The number of carboxylic acids is 1. The predicted molar refractivity (Wildman–Crippen MR) is 63.1 cm³/mol. The lowest BCUT2D eigenvalue weighted by Crippen LogP contribution is -2.44. The number of nitrogens with zero attached hydrogens (tertiary/aromatic N) is 2. The lowest BCUT2D eigenvalue weighted by atomic mass is 9.86. The number of aromatic nitrogens is 2. The zero-order chi connectivity index (χ0) is 13.7. The van der Waals surface area contributed by atoms with Gasteiger partial charge in [-0.1, -0.05) is 5.16 Å². The Hall–Kier alpha value is -2.12. The zero-order valence-corrected chi connectivity index (χ0v) is 10.3. The molecule has 0 bridgehead atoms. The molecule has 3 N–H and O–H groups in total. The molecule has 1 aromatic heterocycles. The molecule has 1 saturated carbocycles. The maximum Gasteiger partial charge on any atom is 0.315 e. The first-order chi connectivity index (χ1) is 9.15. The first-order valence-electron chi connectivity index (χ1n) is 6.17. The Morgan fingerprint density at radius 3 is 2.68 bits per heavy atom. The second-order valence-electron chi connectivity index (χ2n) is 4.56. The van der Waals surface area contributed by atoms with Gasteiger partial charge in [-0.3, -0.25) is 4.79 Å². The van der Waals surface area contributed by atoms with Crippen molar-refractivity contribution >= 4 is 12.0 Å². The van der Waals surface area contributed by atoms with E-state index in [0.29, 0.717) is 31.5 Å². The average Bonchev–Trinajstić information content (AvgIpc) is 2.90. The number of amides is 2. The highest BCUT2D eigenvalue weighted by molar-refractivity contribution is 5.74. The molecular formula is C11H16N4O4. The van der Waals surface area contributed by atoms with E-state index in [0.717, 1.165) is 0 Å².